The molecule has 0 aliphatic rings. The number of ketones is 2. The smallest absolute Gasteiger partial charge is 0.143 e. The molecule has 0 amide bonds. The van der Waals surface area contributed by atoms with Crippen LogP contribution in [0.4, 0.5) is 0 Å². The van der Waals surface area contributed by atoms with Gasteiger partial charge >= 0.3 is 0 Å². The van der Waals surface area contributed by atoms with Crippen molar-refractivity contribution in [3.63, 3.8) is 0 Å². The topological polar surface area (TPSA) is 43.4 Å². The molecule has 0 bridgehead atoms. The van der Waals surface area contributed by atoms with Gasteiger partial charge in [-0.3, -0.25) is 9.59 Å². The zero-order chi connectivity index (χ0) is 17.8. The van der Waals surface area contributed by atoms with Gasteiger partial charge in [0.25, 0.3) is 0 Å². The molecule has 0 aliphatic heterocycles. The zero-order valence-corrected chi connectivity index (χ0v) is 15.5. The van der Waals surface area contributed by atoms with Crippen molar-refractivity contribution in [1.29, 1.82) is 0 Å². The van der Waals surface area contributed by atoms with E-state index in [1.54, 1.807) is 0 Å². The Morgan fingerprint density at radius 2 is 1.46 bits per heavy atom. The molecule has 0 saturated heterocycles. The number of ether oxygens (including phenoxy) is 1. The van der Waals surface area contributed by atoms with E-state index in [9.17, 15) is 9.59 Å². The number of Topliss-reactive ketones (excluding diaryl/α,β-unsaturated/α-hetero) is 2. The Hall–Kier alpha value is -1.64. The third-order valence-corrected chi connectivity index (χ3v) is 4.46. The van der Waals surface area contributed by atoms with E-state index >= 15 is 0 Å². The average molecular weight is 332 g/mol. The zero-order valence-electron chi connectivity index (χ0n) is 15.5. The van der Waals surface area contributed by atoms with Gasteiger partial charge in [0, 0.05) is 12.8 Å². The summed E-state index contributed by atoms with van der Waals surface area (Å²) < 4.78 is 5.74. The van der Waals surface area contributed by atoms with Gasteiger partial charge in [-0.15, -0.1) is 0 Å². The number of carbonyl (C=O) groups excluding carboxylic acids is 2. The molecular weight excluding hydrogens is 300 g/mol. The molecule has 24 heavy (non-hydrogen) atoms. The van der Waals surface area contributed by atoms with Crippen molar-refractivity contribution in [2.45, 2.75) is 72.1 Å². The fourth-order valence-electron chi connectivity index (χ4n) is 2.81. The number of carbonyl (C=O) groups is 2. The van der Waals surface area contributed by atoms with Crippen LogP contribution in [0.5, 0.6) is 5.75 Å². The van der Waals surface area contributed by atoms with E-state index in [4.69, 9.17) is 4.74 Å². The highest BCUT2D eigenvalue weighted by Gasteiger charge is 2.22. The maximum Gasteiger partial charge on any atom is 0.143 e. The molecule has 0 fully saturated rings. The molecule has 3 nitrogen and oxygen atoms in total. The monoisotopic (exact) mass is 332 g/mol. The minimum Gasteiger partial charge on any atom is -0.494 e. The van der Waals surface area contributed by atoms with Crippen molar-refractivity contribution in [1.82, 2.24) is 0 Å². The Bertz CT molecular complexity index is 474. The van der Waals surface area contributed by atoms with Gasteiger partial charge in [-0.25, -0.2) is 0 Å². The summed E-state index contributed by atoms with van der Waals surface area (Å²) in [5, 5.41) is 0. The van der Waals surface area contributed by atoms with Crippen LogP contribution in [0.2, 0.25) is 0 Å². The number of hydrogen-bond acceptors (Lipinski definition) is 3. The van der Waals surface area contributed by atoms with Gasteiger partial charge in [0.15, 0.2) is 0 Å². The third-order valence-electron chi connectivity index (χ3n) is 4.46. The number of unbranched alkanes of at least 4 members (excludes halogenated alkanes) is 3. The fourth-order valence-corrected chi connectivity index (χ4v) is 2.81. The quantitative estimate of drug-likeness (QED) is 0.370. The summed E-state index contributed by atoms with van der Waals surface area (Å²) in [6, 6.07) is 8.25. The summed E-state index contributed by atoms with van der Waals surface area (Å²) in [4.78, 5) is 23.7. The maximum absolute atomic E-state index is 11.8. The molecule has 0 aromatic heterocycles. The van der Waals surface area contributed by atoms with Crippen LogP contribution in [-0.4, -0.2) is 18.2 Å². The van der Waals surface area contributed by atoms with Crippen LogP contribution < -0.4 is 4.74 Å². The summed E-state index contributed by atoms with van der Waals surface area (Å²) in [7, 11) is 0. The average Bonchev–Trinajstić information content (AvgIpc) is 2.63. The lowest BCUT2D eigenvalue weighted by Gasteiger charge is -2.13. The Balaban J connectivity index is 2.16. The van der Waals surface area contributed by atoms with Crippen molar-refractivity contribution in [3.8, 4) is 5.75 Å². The summed E-state index contributed by atoms with van der Waals surface area (Å²) in [6.07, 6.45) is 6.73. The highest BCUT2D eigenvalue weighted by molar-refractivity contribution is 6.02. The first-order valence-corrected chi connectivity index (χ1v) is 9.39. The molecule has 134 valence electrons. The van der Waals surface area contributed by atoms with E-state index < -0.39 is 0 Å². The SMILES string of the molecule is CCC(=O)C(CCCCCCOc1ccc(CC)cc1)C(=O)CC. The first-order chi connectivity index (χ1) is 11.6. The number of benzene rings is 1. The van der Waals surface area contributed by atoms with Gasteiger partial charge in [-0.05, 0) is 37.0 Å². The predicted octanol–water partition coefficient (Wildman–Crippen LogP) is 5.15. The second-order valence-corrected chi connectivity index (χ2v) is 6.24. The van der Waals surface area contributed by atoms with Crippen molar-refractivity contribution in [3.05, 3.63) is 29.8 Å². The predicted molar refractivity (Wildman–Crippen MR) is 98.5 cm³/mol. The van der Waals surface area contributed by atoms with Gasteiger partial charge in [0.1, 0.15) is 17.3 Å². The van der Waals surface area contributed by atoms with Crippen LogP contribution in [-0.2, 0) is 16.0 Å². The molecule has 0 atom stereocenters. The van der Waals surface area contributed by atoms with E-state index in [-0.39, 0.29) is 17.5 Å². The lowest BCUT2D eigenvalue weighted by Crippen LogP contribution is -2.22. The summed E-state index contributed by atoms with van der Waals surface area (Å²) in [5.74, 6) is 0.754. The second-order valence-electron chi connectivity index (χ2n) is 6.24. The van der Waals surface area contributed by atoms with Crippen molar-refractivity contribution >= 4 is 11.6 Å². The molecule has 0 unspecified atom stereocenters. The number of rotatable bonds is 13. The highest BCUT2D eigenvalue weighted by atomic mass is 16.5. The molecular formula is C21H32O3. The van der Waals surface area contributed by atoms with Crippen molar-refractivity contribution in [2.24, 2.45) is 5.92 Å². The van der Waals surface area contributed by atoms with Crippen molar-refractivity contribution < 1.29 is 14.3 Å². The van der Waals surface area contributed by atoms with Gasteiger partial charge in [0.2, 0.25) is 0 Å². The van der Waals surface area contributed by atoms with Crippen molar-refractivity contribution in [2.75, 3.05) is 6.61 Å². The van der Waals surface area contributed by atoms with E-state index in [1.165, 1.54) is 5.56 Å². The van der Waals surface area contributed by atoms with E-state index in [2.05, 4.69) is 19.1 Å². The lowest BCUT2D eigenvalue weighted by molar-refractivity contribution is -0.132. The minimum atomic E-state index is -0.367. The van der Waals surface area contributed by atoms with Gasteiger partial charge in [-0.1, -0.05) is 52.2 Å². The molecule has 0 aliphatic carbocycles. The van der Waals surface area contributed by atoms with Crippen LogP contribution in [0.3, 0.4) is 0 Å². The molecule has 0 spiro atoms. The molecule has 1 aromatic rings. The highest BCUT2D eigenvalue weighted by Crippen LogP contribution is 2.17. The van der Waals surface area contributed by atoms with E-state index in [0.29, 0.717) is 19.3 Å². The Morgan fingerprint density at radius 3 is 2.00 bits per heavy atom. The van der Waals surface area contributed by atoms with Gasteiger partial charge in [0.05, 0.1) is 12.5 Å². The standard InChI is InChI=1S/C21H32O3/c1-4-17-12-14-18(15-13-17)24-16-10-8-7-9-11-19(20(22)5-2)21(23)6-3/h12-15,19H,4-11,16H2,1-3H3. The molecule has 0 heterocycles. The largest absolute Gasteiger partial charge is 0.494 e. The van der Waals surface area contributed by atoms with Crippen LogP contribution in [0, 0.1) is 5.92 Å². The molecule has 3 heteroatoms. The summed E-state index contributed by atoms with van der Waals surface area (Å²) in [6.45, 7) is 6.53. The van der Waals surface area contributed by atoms with Crippen LogP contribution in [0.1, 0.15) is 71.3 Å². The fraction of sp³-hybridized carbons (Fsp3) is 0.619. The maximum atomic E-state index is 11.8. The van der Waals surface area contributed by atoms with E-state index in [1.807, 2.05) is 26.0 Å². The number of aryl methyl sites for hydroxylation is 1. The second kappa shape index (κ2) is 11.8. The van der Waals surface area contributed by atoms with Crippen LogP contribution in [0.25, 0.3) is 0 Å². The first-order valence-electron chi connectivity index (χ1n) is 9.39. The Kier molecular flexibility index (Phi) is 10.1. The third kappa shape index (κ3) is 7.29. The molecule has 1 rings (SSSR count). The lowest BCUT2D eigenvalue weighted by atomic mass is 9.90. The summed E-state index contributed by atoms with van der Waals surface area (Å²) in [5.41, 5.74) is 1.32. The van der Waals surface area contributed by atoms with E-state index in [0.717, 1.165) is 44.5 Å². The Labute approximate surface area is 146 Å². The van der Waals surface area contributed by atoms with Crippen LogP contribution >= 0.6 is 0 Å². The normalized spacial score (nSPS) is 10.8. The molecule has 0 N–H and O–H groups in total. The number of hydrogen-bond donors (Lipinski definition) is 0. The molecule has 1 aromatic carbocycles. The minimum absolute atomic E-state index is 0.0979. The Morgan fingerprint density at radius 1 is 0.875 bits per heavy atom. The summed E-state index contributed by atoms with van der Waals surface area (Å²) >= 11 is 0. The molecule has 0 radical (unpaired) electrons. The van der Waals surface area contributed by atoms with Gasteiger partial charge < -0.3 is 4.74 Å². The molecule has 0 saturated carbocycles. The van der Waals surface area contributed by atoms with Gasteiger partial charge in [-0.2, -0.15) is 0 Å². The van der Waals surface area contributed by atoms with Crippen LogP contribution in [0.15, 0.2) is 24.3 Å². The first kappa shape index (κ1) is 20.4.